The summed E-state index contributed by atoms with van der Waals surface area (Å²) in [5.41, 5.74) is -0.676. The molecule has 1 atom stereocenters. The third-order valence-corrected chi connectivity index (χ3v) is 3.16. The molecule has 0 spiro atoms. The van der Waals surface area contributed by atoms with Gasteiger partial charge in [0, 0.05) is 17.4 Å². The van der Waals surface area contributed by atoms with Gasteiger partial charge in [-0.15, -0.1) is 0 Å². The Morgan fingerprint density at radius 2 is 1.70 bits per heavy atom. The van der Waals surface area contributed by atoms with Crippen LogP contribution in [0.2, 0.25) is 0 Å². The van der Waals surface area contributed by atoms with E-state index in [9.17, 15) is 14.4 Å². The van der Waals surface area contributed by atoms with E-state index >= 15 is 0 Å². The molecule has 1 unspecified atom stereocenters. The predicted octanol–water partition coefficient (Wildman–Crippen LogP) is 1.66. The second-order valence-electron chi connectivity index (χ2n) is 6.24. The van der Waals surface area contributed by atoms with Crippen molar-refractivity contribution in [3.63, 3.8) is 0 Å². The Labute approximate surface area is 121 Å². The summed E-state index contributed by atoms with van der Waals surface area (Å²) in [7, 11) is 0. The van der Waals surface area contributed by atoms with E-state index in [2.05, 4.69) is 10.6 Å². The molecule has 20 heavy (non-hydrogen) atoms. The Morgan fingerprint density at radius 1 is 1.15 bits per heavy atom. The van der Waals surface area contributed by atoms with Gasteiger partial charge in [-0.25, -0.2) is 0 Å². The van der Waals surface area contributed by atoms with Gasteiger partial charge in [-0.2, -0.15) is 0 Å². The molecule has 116 valence electrons. The Hall–Kier alpha value is -1.39. The first-order chi connectivity index (χ1) is 9.10. The number of rotatable bonds is 8. The van der Waals surface area contributed by atoms with E-state index in [0.29, 0.717) is 12.8 Å². The minimum absolute atomic E-state index is 0.0186. The maximum atomic E-state index is 12.1. The molecule has 2 N–H and O–H groups in total. The lowest BCUT2D eigenvalue weighted by atomic mass is 9.80. The van der Waals surface area contributed by atoms with Crippen molar-refractivity contribution in [1.82, 2.24) is 10.6 Å². The largest absolute Gasteiger partial charge is 0.354 e. The van der Waals surface area contributed by atoms with Gasteiger partial charge < -0.3 is 10.6 Å². The van der Waals surface area contributed by atoms with Gasteiger partial charge in [-0.3, -0.25) is 14.4 Å². The van der Waals surface area contributed by atoms with E-state index in [1.807, 2.05) is 20.8 Å². The van der Waals surface area contributed by atoms with Crippen molar-refractivity contribution in [2.24, 2.45) is 11.3 Å². The van der Waals surface area contributed by atoms with E-state index in [4.69, 9.17) is 0 Å². The van der Waals surface area contributed by atoms with E-state index in [1.54, 1.807) is 13.8 Å². The second-order valence-corrected chi connectivity index (χ2v) is 6.24. The summed E-state index contributed by atoms with van der Waals surface area (Å²) in [5, 5.41) is 5.49. The van der Waals surface area contributed by atoms with Crippen molar-refractivity contribution in [3.05, 3.63) is 0 Å². The highest BCUT2D eigenvalue weighted by molar-refractivity contribution is 5.88. The van der Waals surface area contributed by atoms with Crippen molar-refractivity contribution in [3.8, 4) is 0 Å². The summed E-state index contributed by atoms with van der Waals surface area (Å²) >= 11 is 0. The first-order valence-electron chi connectivity index (χ1n) is 7.18. The monoisotopic (exact) mass is 284 g/mol. The lowest BCUT2D eigenvalue weighted by molar-refractivity contribution is -0.134. The molecule has 0 saturated carbocycles. The number of hydrogen-bond donors (Lipinski definition) is 2. The zero-order valence-electron chi connectivity index (χ0n) is 13.5. The highest BCUT2D eigenvalue weighted by Gasteiger charge is 2.33. The quantitative estimate of drug-likeness (QED) is 0.712. The van der Waals surface area contributed by atoms with Crippen LogP contribution in [0.3, 0.4) is 0 Å². The Balaban J connectivity index is 4.64. The number of carbonyl (C=O) groups is 3. The molecule has 0 aromatic carbocycles. The zero-order chi connectivity index (χ0) is 15.9. The molecule has 5 nitrogen and oxygen atoms in total. The molecule has 0 aliphatic heterocycles. The molecule has 0 aliphatic rings. The highest BCUT2D eigenvalue weighted by atomic mass is 16.2. The van der Waals surface area contributed by atoms with E-state index < -0.39 is 5.41 Å². The third kappa shape index (κ3) is 6.68. The van der Waals surface area contributed by atoms with E-state index in [-0.39, 0.29) is 36.1 Å². The van der Waals surface area contributed by atoms with Crippen molar-refractivity contribution < 1.29 is 14.4 Å². The molecular formula is C15H28N2O3. The fraction of sp³-hybridized carbons (Fsp3) is 0.800. The van der Waals surface area contributed by atoms with Crippen LogP contribution < -0.4 is 10.6 Å². The molecule has 2 amide bonds. The Bertz CT molecular complexity index is 362. The molecule has 0 rings (SSSR count). The third-order valence-electron chi connectivity index (χ3n) is 3.16. The van der Waals surface area contributed by atoms with Gasteiger partial charge in [0.25, 0.3) is 0 Å². The average Bonchev–Trinajstić information content (AvgIpc) is 2.31. The second kappa shape index (κ2) is 8.02. The molecule has 5 heteroatoms. The topological polar surface area (TPSA) is 75.3 Å². The number of ketones is 1. The first kappa shape index (κ1) is 18.6. The minimum Gasteiger partial charge on any atom is -0.354 e. The Kier molecular flexibility index (Phi) is 7.46. The maximum absolute atomic E-state index is 12.1. The number of carbonyl (C=O) groups excluding carboxylic acids is 3. The number of nitrogens with one attached hydrogen (secondary N) is 2. The maximum Gasteiger partial charge on any atom is 0.226 e. The fourth-order valence-electron chi connectivity index (χ4n) is 1.98. The minimum atomic E-state index is -0.676. The average molecular weight is 284 g/mol. The predicted molar refractivity (Wildman–Crippen MR) is 79.1 cm³/mol. The van der Waals surface area contributed by atoms with Crippen molar-refractivity contribution >= 4 is 17.6 Å². The molecule has 0 heterocycles. The summed E-state index contributed by atoms with van der Waals surface area (Å²) in [6.07, 6.45) is 1.15. The van der Waals surface area contributed by atoms with Crippen LogP contribution in [0.5, 0.6) is 0 Å². The molecule has 0 saturated heterocycles. The molecule has 0 aromatic heterocycles. The van der Waals surface area contributed by atoms with Crippen LogP contribution in [-0.4, -0.2) is 30.2 Å². The van der Waals surface area contributed by atoms with Gasteiger partial charge in [0.05, 0.1) is 6.54 Å². The molecule has 0 bridgehead atoms. The summed E-state index contributed by atoms with van der Waals surface area (Å²) < 4.78 is 0. The van der Waals surface area contributed by atoms with Gasteiger partial charge in [-0.05, 0) is 33.6 Å². The molecule has 0 fully saturated rings. The summed E-state index contributed by atoms with van der Waals surface area (Å²) in [4.78, 5) is 35.0. The molecule has 0 aromatic rings. The van der Waals surface area contributed by atoms with E-state index in [1.165, 1.54) is 6.92 Å². The van der Waals surface area contributed by atoms with Crippen LogP contribution in [0.25, 0.3) is 0 Å². The standard InChI is InChI=1S/C15H28N2O3/c1-7-12(13(19)17-10(2)3)8-15(5,6)14(20)16-9-11(4)18/h10,12H,7-9H2,1-6H3,(H,16,20)(H,17,19). The highest BCUT2D eigenvalue weighted by Crippen LogP contribution is 2.27. The smallest absolute Gasteiger partial charge is 0.226 e. The van der Waals surface area contributed by atoms with Gasteiger partial charge >= 0.3 is 0 Å². The Morgan fingerprint density at radius 3 is 2.10 bits per heavy atom. The lowest BCUT2D eigenvalue weighted by Gasteiger charge is -2.28. The molecule has 0 aliphatic carbocycles. The van der Waals surface area contributed by atoms with Gasteiger partial charge in [0.1, 0.15) is 5.78 Å². The fourth-order valence-corrected chi connectivity index (χ4v) is 1.98. The normalized spacial score (nSPS) is 12.9. The number of Topliss-reactive ketones (excluding diaryl/α,β-unsaturated/α-hetero) is 1. The summed E-state index contributed by atoms with van der Waals surface area (Å²) in [6, 6.07) is 0.0891. The van der Waals surface area contributed by atoms with Crippen LogP contribution in [-0.2, 0) is 14.4 Å². The van der Waals surface area contributed by atoms with Gasteiger partial charge in [0.15, 0.2) is 0 Å². The van der Waals surface area contributed by atoms with Gasteiger partial charge in [0.2, 0.25) is 11.8 Å². The molecule has 0 radical (unpaired) electrons. The zero-order valence-corrected chi connectivity index (χ0v) is 13.5. The van der Waals surface area contributed by atoms with Crippen molar-refractivity contribution in [1.29, 1.82) is 0 Å². The van der Waals surface area contributed by atoms with Crippen LogP contribution in [0.1, 0.15) is 54.4 Å². The summed E-state index contributed by atoms with van der Waals surface area (Å²) in [5.74, 6) is -0.493. The van der Waals surface area contributed by atoms with Crippen LogP contribution in [0.4, 0.5) is 0 Å². The van der Waals surface area contributed by atoms with Crippen molar-refractivity contribution in [2.45, 2.75) is 60.4 Å². The first-order valence-corrected chi connectivity index (χ1v) is 7.18. The van der Waals surface area contributed by atoms with Gasteiger partial charge in [-0.1, -0.05) is 20.8 Å². The van der Waals surface area contributed by atoms with Crippen molar-refractivity contribution in [2.75, 3.05) is 6.54 Å². The SMILES string of the molecule is CCC(CC(C)(C)C(=O)NCC(C)=O)C(=O)NC(C)C. The number of amides is 2. The van der Waals surface area contributed by atoms with Crippen LogP contribution in [0, 0.1) is 11.3 Å². The lowest BCUT2D eigenvalue weighted by Crippen LogP contribution is -2.43. The van der Waals surface area contributed by atoms with Crippen LogP contribution >= 0.6 is 0 Å². The summed E-state index contributed by atoms with van der Waals surface area (Å²) in [6.45, 7) is 10.8. The van der Waals surface area contributed by atoms with E-state index in [0.717, 1.165) is 0 Å². The van der Waals surface area contributed by atoms with Crippen LogP contribution in [0.15, 0.2) is 0 Å². The molecular weight excluding hydrogens is 256 g/mol. The number of hydrogen-bond acceptors (Lipinski definition) is 3.